The van der Waals surface area contributed by atoms with Crippen molar-refractivity contribution in [3.05, 3.63) is 29.8 Å². The summed E-state index contributed by atoms with van der Waals surface area (Å²) in [6.45, 7) is 8.95. The SMILES string of the molecule is CCCNC(=O)C1CCN(CC(=O)NC(c2ccc(OC)cc2)C(C)C)CC1. The number of methoxy groups -OCH3 is 1. The highest BCUT2D eigenvalue weighted by Crippen LogP contribution is 2.24. The number of rotatable bonds is 9. The second-order valence-electron chi connectivity index (χ2n) is 7.90. The number of carbonyl (C=O) groups is 2. The van der Waals surface area contributed by atoms with Crippen LogP contribution in [0.3, 0.4) is 0 Å². The Morgan fingerprint density at radius 1 is 1.18 bits per heavy atom. The summed E-state index contributed by atoms with van der Waals surface area (Å²) >= 11 is 0. The van der Waals surface area contributed by atoms with Crippen LogP contribution in [0.4, 0.5) is 0 Å². The molecule has 0 aromatic heterocycles. The Morgan fingerprint density at radius 3 is 2.36 bits per heavy atom. The van der Waals surface area contributed by atoms with Gasteiger partial charge in [0.2, 0.25) is 11.8 Å². The molecular formula is C22H35N3O3. The van der Waals surface area contributed by atoms with Crippen molar-refractivity contribution in [1.82, 2.24) is 15.5 Å². The van der Waals surface area contributed by atoms with Gasteiger partial charge in [-0.05, 0) is 56.0 Å². The third kappa shape index (κ3) is 6.51. The predicted molar refractivity (Wildman–Crippen MR) is 111 cm³/mol. The van der Waals surface area contributed by atoms with Gasteiger partial charge in [0, 0.05) is 12.5 Å². The molecule has 156 valence electrons. The maximum Gasteiger partial charge on any atom is 0.234 e. The van der Waals surface area contributed by atoms with Crippen molar-refractivity contribution in [2.45, 2.75) is 46.1 Å². The molecule has 1 atom stereocenters. The molecule has 1 heterocycles. The van der Waals surface area contributed by atoms with Crippen LogP contribution in [0, 0.1) is 11.8 Å². The van der Waals surface area contributed by atoms with Crippen molar-refractivity contribution >= 4 is 11.8 Å². The molecule has 1 fully saturated rings. The number of hydrogen-bond acceptors (Lipinski definition) is 4. The average molecular weight is 390 g/mol. The van der Waals surface area contributed by atoms with Crippen LogP contribution in [0.5, 0.6) is 5.75 Å². The van der Waals surface area contributed by atoms with Gasteiger partial charge in [-0.2, -0.15) is 0 Å². The van der Waals surface area contributed by atoms with E-state index < -0.39 is 0 Å². The number of hydrogen-bond donors (Lipinski definition) is 2. The van der Waals surface area contributed by atoms with Crippen molar-refractivity contribution in [2.75, 3.05) is 33.3 Å². The number of likely N-dealkylation sites (tertiary alicyclic amines) is 1. The topological polar surface area (TPSA) is 70.7 Å². The van der Waals surface area contributed by atoms with Gasteiger partial charge < -0.3 is 15.4 Å². The molecule has 1 saturated heterocycles. The van der Waals surface area contributed by atoms with E-state index in [0.29, 0.717) is 6.54 Å². The Balaban J connectivity index is 1.84. The summed E-state index contributed by atoms with van der Waals surface area (Å²) in [5, 5.41) is 6.16. The standard InChI is InChI=1S/C22H35N3O3/c1-5-12-23-22(27)18-10-13-25(14-11-18)15-20(26)24-21(16(2)3)17-6-8-19(28-4)9-7-17/h6-9,16,18,21H,5,10-15H2,1-4H3,(H,23,27)(H,24,26). The quantitative estimate of drug-likeness (QED) is 0.681. The van der Waals surface area contributed by atoms with Gasteiger partial charge in [-0.3, -0.25) is 14.5 Å². The van der Waals surface area contributed by atoms with E-state index in [9.17, 15) is 9.59 Å². The van der Waals surface area contributed by atoms with Crippen molar-refractivity contribution in [3.63, 3.8) is 0 Å². The minimum atomic E-state index is -0.0317. The highest BCUT2D eigenvalue weighted by molar-refractivity contribution is 5.79. The molecule has 0 spiro atoms. The van der Waals surface area contributed by atoms with Crippen molar-refractivity contribution in [2.24, 2.45) is 11.8 Å². The van der Waals surface area contributed by atoms with E-state index in [1.807, 2.05) is 24.3 Å². The summed E-state index contributed by atoms with van der Waals surface area (Å²) in [5.74, 6) is 1.36. The van der Waals surface area contributed by atoms with E-state index in [1.54, 1.807) is 7.11 Å². The molecule has 0 saturated carbocycles. The van der Waals surface area contributed by atoms with Gasteiger partial charge in [-0.15, -0.1) is 0 Å². The number of benzene rings is 1. The van der Waals surface area contributed by atoms with Gasteiger partial charge in [0.15, 0.2) is 0 Å². The largest absolute Gasteiger partial charge is 0.497 e. The molecule has 0 bridgehead atoms. The molecule has 1 aromatic rings. The Kier molecular flexibility index (Phi) is 8.77. The Labute approximate surface area is 169 Å². The summed E-state index contributed by atoms with van der Waals surface area (Å²) in [6.07, 6.45) is 2.58. The van der Waals surface area contributed by atoms with Crippen LogP contribution >= 0.6 is 0 Å². The van der Waals surface area contributed by atoms with Gasteiger partial charge in [-0.25, -0.2) is 0 Å². The fourth-order valence-electron chi connectivity index (χ4n) is 3.61. The summed E-state index contributed by atoms with van der Waals surface area (Å²) in [7, 11) is 1.65. The molecular weight excluding hydrogens is 354 g/mol. The first kappa shape index (κ1) is 22.2. The molecule has 2 rings (SSSR count). The zero-order chi connectivity index (χ0) is 20.5. The predicted octanol–water partition coefficient (Wildman–Crippen LogP) is 2.75. The van der Waals surface area contributed by atoms with Gasteiger partial charge >= 0.3 is 0 Å². The first-order valence-electron chi connectivity index (χ1n) is 10.4. The highest BCUT2D eigenvalue weighted by atomic mass is 16.5. The van der Waals surface area contributed by atoms with E-state index in [1.165, 1.54) is 0 Å². The second-order valence-corrected chi connectivity index (χ2v) is 7.90. The van der Waals surface area contributed by atoms with Crippen LogP contribution in [0.1, 0.15) is 51.6 Å². The van der Waals surface area contributed by atoms with Gasteiger partial charge in [0.1, 0.15) is 5.75 Å². The second kappa shape index (κ2) is 11.1. The number of carbonyl (C=O) groups excluding carboxylic acids is 2. The molecule has 1 aliphatic heterocycles. The smallest absolute Gasteiger partial charge is 0.234 e. The minimum Gasteiger partial charge on any atom is -0.497 e. The Hall–Kier alpha value is -2.08. The van der Waals surface area contributed by atoms with Crippen LogP contribution < -0.4 is 15.4 Å². The van der Waals surface area contributed by atoms with Crippen molar-refractivity contribution in [1.29, 1.82) is 0 Å². The molecule has 0 radical (unpaired) electrons. The van der Waals surface area contributed by atoms with Gasteiger partial charge in [0.05, 0.1) is 19.7 Å². The number of nitrogens with one attached hydrogen (secondary N) is 2. The van der Waals surface area contributed by atoms with Crippen molar-refractivity contribution in [3.8, 4) is 5.75 Å². The summed E-state index contributed by atoms with van der Waals surface area (Å²) in [4.78, 5) is 26.9. The van der Waals surface area contributed by atoms with Crippen LogP contribution in [0.15, 0.2) is 24.3 Å². The number of ether oxygens (including phenoxy) is 1. The monoisotopic (exact) mass is 389 g/mol. The van der Waals surface area contributed by atoms with Crippen molar-refractivity contribution < 1.29 is 14.3 Å². The molecule has 1 aliphatic rings. The molecule has 6 heteroatoms. The normalized spacial score (nSPS) is 16.6. The summed E-state index contributed by atoms with van der Waals surface area (Å²) in [6, 6.07) is 7.82. The van der Waals surface area contributed by atoms with Crippen LogP contribution in [0.25, 0.3) is 0 Å². The molecule has 2 N–H and O–H groups in total. The molecule has 1 aromatic carbocycles. The average Bonchev–Trinajstić information content (AvgIpc) is 2.70. The zero-order valence-electron chi connectivity index (χ0n) is 17.7. The first-order chi connectivity index (χ1) is 13.4. The van der Waals surface area contributed by atoms with Crippen LogP contribution in [-0.4, -0.2) is 50.0 Å². The summed E-state index contributed by atoms with van der Waals surface area (Å²) < 4.78 is 5.22. The van der Waals surface area contributed by atoms with Gasteiger partial charge in [0.25, 0.3) is 0 Å². The minimum absolute atomic E-state index is 0.0309. The third-order valence-corrected chi connectivity index (χ3v) is 5.33. The number of nitrogens with zero attached hydrogens (tertiary/aromatic N) is 1. The lowest BCUT2D eigenvalue weighted by atomic mass is 9.95. The lowest BCUT2D eigenvalue weighted by Crippen LogP contribution is -2.45. The lowest BCUT2D eigenvalue weighted by Gasteiger charge is -2.31. The van der Waals surface area contributed by atoms with Crippen LogP contribution in [-0.2, 0) is 9.59 Å². The number of piperidine rings is 1. The maximum absolute atomic E-state index is 12.6. The Bertz CT molecular complexity index is 622. The number of amides is 2. The Morgan fingerprint density at radius 2 is 1.82 bits per heavy atom. The molecule has 0 aliphatic carbocycles. The maximum atomic E-state index is 12.6. The lowest BCUT2D eigenvalue weighted by molar-refractivity contribution is -0.127. The first-order valence-corrected chi connectivity index (χ1v) is 10.4. The van der Waals surface area contributed by atoms with Crippen LogP contribution in [0.2, 0.25) is 0 Å². The van der Waals surface area contributed by atoms with E-state index in [2.05, 4.69) is 36.3 Å². The third-order valence-electron chi connectivity index (χ3n) is 5.33. The fraction of sp³-hybridized carbons (Fsp3) is 0.636. The summed E-state index contributed by atoms with van der Waals surface area (Å²) in [5.41, 5.74) is 1.08. The molecule has 6 nitrogen and oxygen atoms in total. The highest BCUT2D eigenvalue weighted by Gasteiger charge is 2.26. The van der Waals surface area contributed by atoms with E-state index in [-0.39, 0.29) is 29.7 Å². The molecule has 2 amide bonds. The molecule has 1 unspecified atom stereocenters. The zero-order valence-corrected chi connectivity index (χ0v) is 17.7. The fourth-order valence-corrected chi connectivity index (χ4v) is 3.61. The van der Waals surface area contributed by atoms with Gasteiger partial charge in [-0.1, -0.05) is 32.9 Å². The van der Waals surface area contributed by atoms with E-state index >= 15 is 0 Å². The van der Waals surface area contributed by atoms with E-state index in [0.717, 1.165) is 50.2 Å². The molecule has 28 heavy (non-hydrogen) atoms. The van der Waals surface area contributed by atoms with E-state index in [4.69, 9.17) is 4.74 Å².